The van der Waals surface area contributed by atoms with Gasteiger partial charge in [-0.1, -0.05) is 6.58 Å². The van der Waals surface area contributed by atoms with Crippen molar-refractivity contribution >= 4 is 15.0 Å². The van der Waals surface area contributed by atoms with E-state index < -0.39 is 9.05 Å². The molecule has 6 nitrogen and oxygen atoms in total. The Morgan fingerprint density at radius 1 is 1.21 bits per heavy atom. The maximum absolute atomic E-state index is 11.1. The van der Waals surface area contributed by atoms with Crippen molar-refractivity contribution in [2.24, 2.45) is 0 Å². The van der Waals surface area contributed by atoms with E-state index in [1.54, 1.807) is 6.92 Å². The molecule has 0 aliphatic heterocycles. The Labute approximate surface area is 116 Å². The average Bonchev–Trinajstić information content (AvgIpc) is 2.40. The number of hydrogen-bond donors (Lipinski definition) is 0. The predicted molar refractivity (Wildman–Crippen MR) is 72.3 cm³/mol. The molecule has 0 aromatic rings. The van der Waals surface area contributed by atoms with Gasteiger partial charge in [-0.2, -0.15) is 0 Å². The number of carbonyl (C=O) groups is 1. The number of rotatable bonds is 10. The lowest BCUT2D eigenvalue weighted by Gasteiger charge is -2.26. The van der Waals surface area contributed by atoms with E-state index in [9.17, 15) is 4.79 Å². The van der Waals surface area contributed by atoms with Crippen LogP contribution in [0.1, 0.15) is 26.7 Å². The molecular formula is C12H24O6Si. The van der Waals surface area contributed by atoms with E-state index in [0.29, 0.717) is 25.0 Å². The third-order valence-corrected chi connectivity index (χ3v) is 4.62. The minimum absolute atomic E-state index is 0.116. The Hall–Kier alpha value is -0.733. The van der Waals surface area contributed by atoms with E-state index in [2.05, 4.69) is 6.58 Å². The van der Waals surface area contributed by atoms with Crippen LogP contribution in [0.15, 0.2) is 12.2 Å². The number of carbonyl (C=O) groups excluding carboxylic acids is 1. The van der Waals surface area contributed by atoms with Gasteiger partial charge in [0.25, 0.3) is 0 Å². The standard InChI is InChI=1S/C12H24O6Si/c1-10(2)12(13)17-9-7-8-11(3)18-19(14-4,15-5)16-6/h11H,1,7-9H2,2-6H3. The average molecular weight is 292 g/mol. The highest BCUT2D eigenvalue weighted by Crippen LogP contribution is 2.14. The minimum atomic E-state index is -3.00. The second-order valence-electron chi connectivity index (χ2n) is 4.10. The highest BCUT2D eigenvalue weighted by Gasteiger charge is 2.43. The van der Waals surface area contributed by atoms with Gasteiger partial charge < -0.3 is 22.4 Å². The molecule has 0 fully saturated rings. The third-order valence-electron chi connectivity index (χ3n) is 2.43. The van der Waals surface area contributed by atoms with Crippen LogP contribution in [0.2, 0.25) is 0 Å². The van der Waals surface area contributed by atoms with E-state index in [1.165, 1.54) is 21.3 Å². The van der Waals surface area contributed by atoms with Crippen molar-refractivity contribution in [2.75, 3.05) is 27.9 Å². The van der Waals surface area contributed by atoms with Gasteiger partial charge in [0.15, 0.2) is 0 Å². The van der Waals surface area contributed by atoms with Gasteiger partial charge in [-0.3, -0.25) is 0 Å². The summed E-state index contributed by atoms with van der Waals surface area (Å²) in [6.07, 6.45) is 1.27. The molecule has 7 heteroatoms. The lowest BCUT2D eigenvalue weighted by Crippen LogP contribution is -2.48. The summed E-state index contributed by atoms with van der Waals surface area (Å²) in [5, 5.41) is 0. The Bertz CT molecular complexity index is 282. The molecule has 112 valence electrons. The molecule has 19 heavy (non-hydrogen) atoms. The second kappa shape index (κ2) is 9.22. The molecule has 0 N–H and O–H groups in total. The molecule has 0 saturated carbocycles. The molecule has 0 amide bonds. The van der Waals surface area contributed by atoms with Crippen LogP contribution in [0.3, 0.4) is 0 Å². The van der Waals surface area contributed by atoms with Gasteiger partial charge in [-0.25, -0.2) is 4.79 Å². The quantitative estimate of drug-likeness (QED) is 0.264. The fraction of sp³-hybridized carbons (Fsp3) is 0.750. The zero-order chi connectivity index (χ0) is 14.9. The first-order valence-electron chi connectivity index (χ1n) is 6.06. The Balaban J connectivity index is 3.95. The van der Waals surface area contributed by atoms with Crippen LogP contribution in [0.4, 0.5) is 0 Å². The second-order valence-corrected chi connectivity index (χ2v) is 6.56. The first-order chi connectivity index (χ1) is 8.90. The lowest BCUT2D eigenvalue weighted by molar-refractivity contribution is -0.139. The van der Waals surface area contributed by atoms with Crippen molar-refractivity contribution in [1.82, 2.24) is 0 Å². The molecule has 0 aromatic heterocycles. The summed E-state index contributed by atoms with van der Waals surface area (Å²) in [6.45, 7) is 7.34. The Morgan fingerprint density at radius 2 is 1.74 bits per heavy atom. The minimum Gasteiger partial charge on any atom is -0.462 e. The molecule has 0 spiro atoms. The van der Waals surface area contributed by atoms with E-state index >= 15 is 0 Å². The topological polar surface area (TPSA) is 63.2 Å². The highest BCUT2D eigenvalue weighted by molar-refractivity contribution is 6.53. The largest absolute Gasteiger partial charge is 0.679 e. The van der Waals surface area contributed by atoms with Gasteiger partial charge in [0.2, 0.25) is 0 Å². The molecule has 1 unspecified atom stereocenters. The van der Waals surface area contributed by atoms with E-state index in [1.807, 2.05) is 6.92 Å². The zero-order valence-electron chi connectivity index (χ0n) is 12.4. The van der Waals surface area contributed by atoms with Crippen molar-refractivity contribution in [2.45, 2.75) is 32.8 Å². The van der Waals surface area contributed by atoms with Gasteiger partial charge >= 0.3 is 15.0 Å². The van der Waals surface area contributed by atoms with Gasteiger partial charge in [0.1, 0.15) is 0 Å². The first kappa shape index (κ1) is 18.3. The molecule has 0 aliphatic carbocycles. The van der Waals surface area contributed by atoms with Crippen LogP contribution >= 0.6 is 0 Å². The van der Waals surface area contributed by atoms with Crippen molar-refractivity contribution in [3.8, 4) is 0 Å². The molecule has 0 rings (SSSR count). The number of esters is 1. The van der Waals surface area contributed by atoms with Crippen LogP contribution in [-0.2, 0) is 27.2 Å². The lowest BCUT2D eigenvalue weighted by atomic mass is 10.2. The SMILES string of the molecule is C=C(C)C(=O)OCCCC(C)O[Si](OC)(OC)OC. The molecule has 0 bridgehead atoms. The maximum atomic E-state index is 11.1. The summed E-state index contributed by atoms with van der Waals surface area (Å²) in [6, 6.07) is 0. The summed E-state index contributed by atoms with van der Waals surface area (Å²) < 4.78 is 26.1. The van der Waals surface area contributed by atoms with Crippen LogP contribution in [0.5, 0.6) is 0 Å². The maximum Gasteiger partial charge on any atom is 0.679 e. The Kier molecular flexibility index (Phi) is 8.86. The summed E-state index contributed by atoms with van der Waals surface area (Å²) in [7, 11) is 1.46. The fourth-order valence-electron chi connectivity index (χ4n) is 1.36. The van der Waals surface area contributed by atoms with Crippen molar-refractivity contribution in [1.29, 1.82) is 0 Å². The van der Waals surface area contributed by atoms with E-state index in [0.717, 1.165) is 0 Å². The Morgan fingerprint density at radius 3 is 2.16 bits per heavy atom. The zero-order valence-corrected chi connectivity index (χ0v) is 13.4. The van der Waals surface area contributed by atoms with E-state index in [4.69, 9.17) is 22.4 Å². The van der Waals surface area contributed by atoms with E-state index in [-0.39, 0.29) is 12.1 Å². The summed E-state index contributed by atoms with van der Waals surface area (Å²) >= 11 is 0. The summed E-state index contributed by atoms with van der Waals surface area (Å²) in [4.78, 5) is 11.1. The van der Waals surface area contributed by atoms with Gasteiger partial charge in [-0.15, -0.1) is 0 Å². The van der Waals surface area contributed by atoms with Crippen LogP contribution < -0.4 is 0 Å². The molecule has 0 aliphatic rings. The van der Waals surface area contributed by atoms with Crippen molar-refractivity contribution in [3.05, 3.63) is 12.2 Å². The van der Waals surface area contributed by atoms with Gasteiger partial charge in [0.05, 0.1) is 6.61 Å². The van der Waals surface area contributed by atoms with Crippen molar-refractivity contribution in [3.63, 3.8) is 0 Å². The van der Waals surface area contributed by atoms with Crippen LogP contribution in [-0.4, -0.2) is 49.1 Å². The van der Waals surface area contributed by atoms with Crippen LogP contribution in [0.25, 0.3) is 0 Å². The highest BCUT2D eigenvalue weighted by atomic mass is 28.4. The molecule has 1 atom stereocenters. The summed E-state index contributed by atoms with van der Waals surface area (Å²) in [5.74, 6) is -0.372. The third kappa shape index (κ3) is 6.83. The smallest absolute Gasteiger partial charge is 0.462 e. The fourth-order valence-corrected chi connectivity index (χ4v) is 2.76. The predicted octanol–water partition coefficient (Wildman–Crippen LogP) is 1.67. The molecule has 0 saturated heterocycles. The van der Waals surface area contributed by atoms with Crippen LogP contribution in [0, 0.1) is 0 Å². The van der Waals surface area contributed by atoms with Gasteiger partial charge in [0, 0.05) is 33.0 Å². The monoisotopic (exact) mass is 292 g/mol. The number of hydrogen-bond acceptors (Lipinski definition) is 6. The molecule has 0 heterocycles. The van der Waals surface area contributed by atoms with Crippen molar-refractivity contribution < 1.29 is 27.2 Å². The van der Waals surface area contributed by atoms with Gasteiger partial charge in [-0.05, 0) is 26.7 Å². The first-order valence-corrected chi connectivity index (χ1v) is 7.70. The molecule has 0 aromatic carbocycles. The number of ether oxygens (including phenoxy) is 1. The molecular weight excluding hydrogens is 268 g/mol. The molecule has 0 radical (unpaired) electrons. The summed E-state index contributed by atoms with van der Waals surface area (Å²) in [5.41, 5.74) is 0.397. The normalized spacial score (nSPS) is 13.1.